The van der Waals surface area contributed by atoms with Crippen molar-refractivity contribution in [1.29, 1.82) is 0 Å². The Morgan fingerprint density at radius 2 is 1.61 bits per heavy atom. The summed E-state index contributed by atoms with van der Waals surface area (Å²) in [5, 5.41) is 18.8. The van der Waals surface area contributed by atoms with Crippen molar-refractivity contribution in [2.24, 2.45) is 11.8 Å². The Morgan fingerprint density at radius 3 is 2.11 bits per heavy atom. The number of piperidine rings is 1. The second-order valence-corrected chi connectivity index (χ2v) is 5.39. The van der Waals surface area contributed by atoms with Gasteiger partial charge in [-0.2, -0.15) is 0 Å². The number of carbonyl (C=O) groups is 1. The number of likely N-dealkylation sites (tertiary alicyclic amines) is 1. The Bertz CT molecular complexity index is 428. The second kappa shape index (κ2) is 4.88. The Balaban J connectivity index is 2.20. The van der Waals surface area contributed by atoms with Gasteiger partial charge >= 0.3 is 0 Å². The van der Waals surface area contributed by atoms with E-state index in [1.807, 2.05) is 0 Å². The lowest BCUT2D eigenvalue weighted by molar-refractivity contribution is 0.0622. The van der Waals surface area contributed by atoms with E-state index in [1.165, 1.54) is 18.2 Å². The SMILES string of the molecule is CC1CC(C)CN(C(=O)c2cc(O)cc(O)c2)C1. The second-order valence-electron chi connectivity index (χ2n) is 5.39. The van der Waals surface area contributed by atoms with Crippen LogP contribution in [0, 0.1) is 11.8 Å². The van der Waals surface area contributed by atoms with Gasteiger partial charge in [-0.1, -0.05) is 13.8 Å². The van der Waals surface area contributed by atoms with E-state index < -0.39 is 0 Å². The molecule has 1 aliphatic heterocycles. The molecule has 4 heteroatoms. The van der Waals surface area contributed by atoms with Crippen molar-refractivity contribution in [3.8, 4) is 11.5 Å². The molecule has 0 aliphatic carbocycles. The summed E-state index contributed by atoms with van der Waals surface area (Å²) in [5.41, 5.74) is 0.341. The van der Waals surface area contributed by atoms with E-state index in [-0.39, 0.29) is 17.4 Å². The van der Waals surface area contributed by atoms with Crippen LogP contribution in [0.5, 0.6) is 11.5 Å². The van der Waals surface area contributed by atoms with Crippen molar-refractivity contribution in [3.63, 3.8) is 0 Å². The Morgan fingerprint density at radius 1 is 1.11 bits per heavy atom. The molecule has 2 N–H and O–H groups in total. The first-order chi connectivity index (χ1) is 8.45. The van der Waals surface area contributed by atoms with Gasteiger partial charge in [0, 0.05) is 24.7 Å². The van der Waals surface area contributed by atoms with Crippen molar-refractivity contribution in [3.05, 3.63) is 23.8 Å². The molecule has 1 amide bonds. The smallest absolute Gasteiger partial charge is 0.254 e. The van der Waals surface area contributed by atoms with Crippen LogP contribution < -0.4 is 0 Å². The number of hydrogen-bond donors (Lipinski definition) is 2. The third-order valence-corrected chi connectivity index (χ3v) is 3.31. The Kier molecular flexibility index (Phi) is 3.45. The van der Waals surface area contributed by atoms with Gasteiger partial charge in [-0.3, -0.25) is 4.79 Å². The van der Waals surface area contributed by atoms with Crippen molar-refractivity contribution in [1.82, 2.24) is 4.90 Å². The first-order valence-corrected chi connectivity index (χ1v) is 6.28. The van der Waals surface area contributed by atoms with Crippen molar-refractivity contribution in [2.45, 2.75) is 20.3 Å². The topological polar surface area (TPSA) is 60.8 Å². The molecule has 1 fully saturated rings. The maximum atomic E-state index is 12.3. The number of amides is 1. The highest BCUT2D eigenvalue weighted by Crippen LogP contribution is 2.25. The lowest BCUT2D eigenvalue weighted by atomic mass is 9.91. The van der Waals surface area contributed by atoms with E-state index in [0.29, 0.717) is 17.4 Å². The quantitative estimate of drug-likeness (QED) is 0.802. The van der Waals surface area contributed by atoms with Crippen LogP contribution in [0.4, 0.5) is 0 Å². The van der Waals surface area contributed by atoms with E-state index in [1.54, 1.807) is 4.90 Å². The van der Waals surface area contributed by atoms with Crippen LogP contribution in [0.15, 0.2) is 18.2 Å². The molecule has 0 spiro atoms. The van der Waals surface area contributed by atoms with Crippen molar-refractivity contribution in [2.75, 3.05) is 13.1 Å². The first kappa shape index (κ1) is 12.7. The number of phenols is 2. The molecular weight excluding hydrogens is 230 g/mol. The number of rotatable bonds is 1. The molecule has 4 nitrogen and oxygen atoms in total. The van der Waals surface area contributed by atoms with Crippen LogP contribution in [0.2, 0.25) is 0 Å². The Hall–Kier alpha value is -1.71. The van der Waals surface area contributed by atoms with E-state index in [0.717, 1.165) is 19.5 Å². The normalized spacial score (nSPS) is 24.0. The highest BCUT2D eigenvalue weighted by Gasteiger charge is 2.26. The van der Waals surface area contributed by atoms with E-state index in [9.17, 15) is 15.0 Å². The summed E-state index contributed by atoms with van der Waals surface area (Å²) in [7, 11) is 0. The molecule has 1 aromatic carbocycles. The fourth-order valence-electron chi connectivity index (χ4n) is 2.73. The monoisotopic (exact) mass is 249 g/mol. The number of nitrogens with zero attached hydrogens (tertiary/aromatic N) is 1. The zero-order chi connectivity index (χ0) is 13.3. The van der Waals surface area contributed by atoms with Gasteiger partial charge in [-0.05, 0) is 30.4 Å². The molecule has 0 radical (unpaired) electrons. The molecule has 0 saturated carbocycles. The van der Waals surface area contributed by atoms with Gasteiger partial charge in [0.1, 0.15) is 11.5 Å². The number of carbonyl (C=O) groups excluding carboxylic acids is 1. The largest absolute Gasteiger partial charge is 0.508 e. The van der Waals surface area contributed by atoms with Crippen LogP contribution >= 0.6 is 0 Å². The molecule has 2 atom stereocenters. The third-order valence-electron chi connectivity index (χ3n) is 3.31. The summed E-state index contributed by atoms with van der Waals surface area (Å²) < 4.78 is 0. The van der Waals surface area contributed by atoms with Gasteiger partial charge in [0.25, 0.3) is 5.91 Å². The minimum atomic E-state index is -0.125. The zero-order valence-corrected chi connectivity index (χ0v) is 10.8. The standard InChI is InChI=1S/C14H19NO3/c1-9-3-10(2)8-15(7-9)14(18)11-4-12(16)6-13(17)5-11/h4-6,9-10,16-17H,3,7-8H2,1-2H3. The molecule has 1 aliphatic rings. The minimum Gasteiger partial charge on any atom is -0.508 e. The van der Waals surface area contributed by atoms with Crippen LogP contribution in [0.3, 0.4) is 0 Å². The molecule has 18 heavy (non-hydrogen) atoms. The maximum Gasteiger partial charge on any atom is 0.254 e. The highest BCUT2D eigenvalue weighted by atomic mass is 16.3. The van der Waals surface area contributed by atoms with Gasteiger partial charge < -0.3 is 15.1 Å². The molecule has 1 heterocycles. The van der Waals surface area contributed by atoms with E-state index in [4.69, 9.17) is 0 Å². The number of hydrogen-bond acceptors (Lipinski definition) is 3. The zero-order valence-electron chi connectivity index (χ0n) is 10.8. The minimum absolute atomic E-state index is 0.0866. The highest BCUT2D eigenvalue weighted by molar-refractivity contribution is 5.95. The van der Waals surface area contributed by atoms with Gasteiger partial charge in [-0.15, -0.1) is 0 Å². The van der Waals surface area contributed by atoms with Crippen molar-refractivity contribution < 1.29 is 15.0 Å². The van der Waals surface area contributed by atoms with Gasteiger partial charge in [-0.25, -0.2) is 0 Å². The predicted octanol–water partition coefficient (Wildman–Crippen LogP) is 2.22. The number of phenolic OH excluding ortho intramolecular Hbond substituents is 2. The molecule has 0 bridgehead atoms. The fraction of sp³-hybridized carbons (Fsp3) is 0.500. The average molecular weight is 249 g/mol. The van der Waals surface area contributed by atoms with Gasteiger partial charge in [0.2, 0.25) is 0 Å². The summed E-state index contributed by atoms with van der Waals surface area (Å²) >= 11 is 0. The van der Waals surface area contributed by atoms with Crippen LogP contribution in [0.25, 0.3) is 0 Å². The summed E-state index contributed by atoms with van der Waals surface area (Å²) in [6, 6.07) is 4.01. The van der Waals surface area contributed by atoms with Crippen LogP contribution in [-0.2, 0) is 0 Å². The third kappa shape index (κ3) is 2.75. The number of aromatic hydroxyl groups is 2. The van der Waals surface area contributed by atoms with E-state index in [2.05, 4.69) is 13.8 Å². The first-order valence-electron chi connectivity index (χ1n) is 6.28. The maximum absolute atomic E-state index is 12.3. The molecular formula is C14H19NO3. The number of benzene rings is 1. The van der Waals surface area contributed by atoms with Crippen LogP contribution in [-0.4, -0.2) is 34.1 Å². The van der Waals surface area contributed by atoms with E-state index >= 15 is 0 Å². The predicted molar refractivity (Wildman–Crippen MR) is 68.6 cm³/mol. The molecule has 1 saturated heterocycles. The lowest BCUT2D eigenvalue weighted by Crippen LogP contribution is -2.42. The molecule has 98 valence electrons. The summed E-state index contributed by atoms with van der Waals surface area (Å²) in [6.07, 6.45) is 1.13. The molecule has 2 rings (SSSR count). The summed E-state index contributed by atoms with van der Waals surface area (Å²) in [4.78, 5) is 14.1. The Labute approximate surface area is 107 Å². The average Bonchev–Trinajstić information content (AvgIpc) is 2.25. The molecule has 1 aromatic rings. The van der Waals surface area contributed by atoms with Gasteiger partial charge in [0.05, 0.1) is 0 Å². The van der Waals surface area contributed by atoms with Crippen LogP contribution in [0.1, 0.15) is 30.6 Å². The lowest BCUT2D eigenvalue weighted by Gasteiger charge is -2.35. The van der Waals surface area contributed by atoms with Crippen molar-refractivity contribution >= 4 is 5.91 Å². The van der Waals surface area contributed by atoms with Gasteiger partial charge in [0.15, 0.2) is 0 Å². The summed E-state index contributed by atoms with van der Waals surface area (Å²) in [5.74, 6) is 0.680. The molecule has 2 unspecified atom stereocenters. The fourth-order valence-corrected chi connectivity index (χ4v) is 2.73. The molecule has 0 aromatic heterocycles. The summed E-state index contributed by atoms with van der Waals surface area (Å²) in [6.45, 7) is 5.74.